The highest BCUT2D eigenvalue weighted by Gasteiger charge is 2.25. The number of carbonyl (C=O) groups is 1. The Morgan fingerprint density at radius 3 is 2.89 bits per heavy atom. The summed E-state index contributed by atoms with van der Waals surface area (Å²) in [4.78, 5) is 12.2. The average Bonchev–Trinajstić information content (AvgIpc) is 2.88. The smallest absolute Gasteiger partial charge is 0.272 e. The van der Waals surface area contributed by atoms with Crippen molar-refractivity contribution >= 4 is 5.91 Å². The standard InChI is InChI=1S/C13H23N5O/c1-3-13(14,4-2)8-16-12(19)11-9-7-15-6-5-10(9)17-18-11/h15H,3-8,14H2,1-2H3,(H,16,19)(H,17,18). The SMILES string of the molecule is CCC(N)(CC)CNC(=O)c1n[nH]c2c1CNCC2. The van der Waals surface area contributed by atoms with Gasteiger partial charge in [0.1, 0.15) is 0 Å². The van der Waals surface area contributed by atoms with Gasteiger partial charge in [-0.2, -0.15) is 5.10 Å². The molecule has 2 heterocycles. The zero-order chi connectivity index (χ0) is 13.9. The van der Waals surface area contributed by atoms with Crippen LogP contribution in [0.5, 0.6) is 0 Å². The zero-order valence-electron chi connectivity index (χ0n) is 11.7. The third-order valence-electron chi connectivity index (χ3n) is 4.03. The summed E-state index contributed by atoms with van der Waals surface area (Å²) in [5.41, 5.74) is 8.40. The number of nitrogens with zero attached hydrogens (tertiary/aromatic N) is 1. The summed E-state index contributed by atoms with van der Waals surface area (Å²) in [6, 6.07) is 0. The van der Waals surface area contributed by atoms with E-state index in [0.717, 1.165) is 37.1 Å². The Balaban J connectivity index is 2.02. The van der Waals surface area contributed by atoms with E-state index in [4.69, 9.17) is 5.73 Å². The van der Waals surface area contributed by atoms with Crippen LogP contribution < -0.4 is 16.4 Å². The summed E-state index contributed by atoms with van der Waals surface area (Å²) in [6.45, 7) is 6.18. The van der Waals surface area contributed by atoms with Crippen molar-refractivity contribution in [1.29, 1.82) is 0 Å². The molecule has 6 nitrogen and oxygen atoms in total. The third kappa shape index (κ3) is 2.96. The topological polar surface area (TPSA) is 95.8 Å². The van der Waals surface area contributed by atoms with Gasteiger partial charge in [-0.25, -0.2) is 0 Å². The van der Waals surface area contributed by atoms with Crippen LogP contribution in [0.25, 0.3) is 0 Å². The predicted octanol–water partition coefficient (Wildman–Crippen LogP) is 0.303. The second-order valence-electron chi connectivity index (χ2n) is 5.21. The van der Waals surface area contributed by atoms with Crippen LogP contribution >= 0.6 is 0 Å². The van der Waals surface area contributed by atoms with Gasteiger partial charge in [-0.15, -0.1) is 0 Å². The van der Waals surface area contributed by atoms with Crippen LogP contribution in [0.4, 0.5) is 0 Å². The molecule has 0 radical (unpaired) electrons. The molecular formula is C13H23N5O. The molecule has 0 atom stereocenters. The Labute approximate surface area is 113 Å². The molecule has 1 aromatic heterocycles. The lowest BCUT2D eigenvalue weighted by Gasteiger charge is -2.26. The summed E-state index contributed by atoms with van der Waals surface area (Å²) in [7, 11) is 0. The van der Waals surface area contributed by atoms with Crippen molar-refractivity contribution in [2.75, 3.05) is 13.1 Å². The Morgan fingerprint density at radius 1 is 1.47 bits per heavy atom. The molecule has 0 saturated carbocycles. The number of aromatic amines is 1. The van der Waals surface area contributed by atoms with Crippen molar-refractivity contribution in [1.82, 2.24) is 20.8 Å². The Morgan fingerprint density at radius 2 is 2.21 bits per heavy atom. The van der Waals surface area contributed by atoms with Crippen LogP contribution in [0.1, 0.15) is 48.4 Å². The lowest BCUT2D eigenvalue weighted by Crippen LogP contribution is -2.49. The van der Waals surface area contributed by atoms with Gasteiger partial charge >= 0.3 is 0 Å². The van der Waals surface area contributed by atoms with Crippen molar-refractivity contribution in [3.8, 4) is 0 Å². The molecule has 106 valence electrons. The van der Waals surface area contributed by atoms with Gasteiger partial charge in [0, 0.05) is 42.9 Å². The fourth-order valence-electron chi connectivity index (χ4n) is 2.25. The molecule has 19 heavy (non-hydrogen) atoms. The van der Waals surface area contributed by atoms with E-state index in [9.17, 15) is 4.79 Å². The molecule has 0 saturated heterocycles. The number of hydrogen-bond donors (Lipinski definition) is 4. The molecule has 1 aromatic rings. The highest BCUT2D eigenvalue weighted by atomic mass is 16.1. The summed E-state index contributed by atoms with van der Waals surface area (Å²) >= 11 is 0. The Hall–Kier alpha value is -1.40. The fourth-order valence-corrected chi connectivity index (χ4v) is 2.25. The van der Waals surface area contributed by atoms with Gasteiger partial charge in [-0.3, -0.25) is 9.89 Å². The number of carbonyl (C=O) groups excluding carboxylic acids is 1. The third-order valence-corrected chi connectivity index (χ3v) is 4.03. The van der Waals surface area contributed by atoms with Crippen molar-refractivity contribution in [3.05, 3.63) is 17.0 Å². The van der Waals surface area contributed by atoms with E-state index < -0.39 is 0 Å². The van der Waals surface area contributed by atoms with Gasteiger partial charge in [0.25, 0.3) is 5.91 Å². The van der Waals surface area contributed by atoms with E-state index in [-0.39, 0.29) is 11.4 Å². The summed E-state index contributed by atoms with van der Waals surface area (Å²) in [5, 5.41) is 13.2. The Bertz CT molecular complexity index is 450. The first-order chi connectivity index (χ1) is 9.09. The number of amides is 1. The van der Waals surface area contributed by atoms with Crippen LogP contribution in [-0.4, -0.2) is 34.7 Å². The molecule has 0 aromatic carbocycles. The number of aromatic nitrogens is 2. The van der Waals surface area contributed by atoms with Crippen LogP contribution in [0.2, 0.25) is 0 Å². The maximum Gasteiger partial charge on any atom is 0.272 e. The van der Waals surface area contributed by atoms with Gasteiger partial charge in [0.15, 0.2) is 5.69 Å². The first-order valence-electron chi connectivity index (χ1n) is 6.93. The van der Waals surface area contributed by atoms with Gasteiger partial charge in [-0.05, 0) is 12.8 Å². The molecule has 0 unspecified atom stereocenters. The van der Waals surface area contributed by atoms with Crippen molar-refractivity contribution in [2.24, 2.45) is 5.73 Å². The minimum atomic E-state index is -0.329. The van der Waals surface area contributed by atoms with Gasteiger partial charge in [0.2, 0.25) is 0 Å². The summed E-state index contributed by atoms with van der Waals surface area (Å²) in [6.07, 6.45) is 2.56. The largest absolute Gasteiger partial charge is 0.349 e. The molecule has 1 amide bonds. The normalized spacial score (nSPS) is 15.1. The van der Waals surface area contributed by atoms with E-state index in [1.165, 1.54) is 0 Å². The lowest BCUT2D eigenvalue weighted by atomic mass is 9.94. The molecule has 0 spiro atoms. The number of H-pyrrole nitrogens is 1. The first kappa shape index (κ1) is 14.0. The molecule has 0 fully saturated rings. The second-order valence-corrected chi connectivity index (χ2v) is 5.21. The number of fused-ring (bicyclic) bond motifs is 1. The van der Waals surface area contributed by atoms with Gasteiger partial charge in [-0.1, -0.05) is 13.8 Å². The average molecular weight is 265 g/mol. The molecule has 6 heteroatoms. The van der Waals surface area contributed by atoms with E-state index >= 15 is 0 Å². The zero-order valence-corrected chi connectivity index (χ0v) is 11.7. The van der Waals surface area contributed by atoms with Crippen LogP contribution in [0.15, 0.2) is 0 Å². The molecule has 0 aliphatic carbocycles. The number of nitrogens with one attached hydrogen (secondary N) is 3. The number of rotatable bonds is 5. The lowest BCUT2D eigenvalue weighted by molar-refractivity contribution is 0.0936. The van der Waals surface area contributed by atoms with E-state index in [0.29, 0.717) is 18.8 Å². The van der Waals surface area contributed by atoms with Crippen LogP contribution in [0.3, 0.4) is 0 Å². The number of hydrogen-bond acceptors (Lipinski definition) is 4. The molecule has 2 rings (SSSR count). The van der Waals surface area contributed by atoms with E-state index in [1.807, 2.05) is 13.8 Å². The van der Waals surface area contributed by atoms with E-state index in [2.05, 4.69) is 20.8 Å². The second kappa shape index (κ2) is 5.71. The summed E-state index contributed by atoms with van der Waals surface area (Å²) < 4.78 is 0. The molecule has 1 aliphatic rings. The molecule has 0 bridgehead atoms. The molecule has 5 N–H and O–H groups in total. The summed E-state index contributed by atoms with van der Waals surface area (Å²) in [5.74, 6) is -0.141. The quantitative estimate of drug-likeness (QED) is 0.616. The number of nitrogens with two attached hydrogens (primary N) is 1. The monoisotopic (exact) mass is 265 g/mol. The van der Waals surface area contributed by atoms with Crippen molar-refractivity contribution in [2.45, 2.75) is 45.2 Å². The predicted molar refractivity (Wildman–Crippen MR) is 73.8 cm³/mol. The van der Waals surface area contributed by atoms with Crippen LogP contribution in [-0.2, 0) is 13.0 Å². The van der Waals surface area contributed by atoms with Gasteiger partial charge in [0.05, 0.1) is 0 Å². The van der Waals surface area contributed by atoms with Gasteiger partial charge < -0.3 is 16.4 Å². The minimum absolute atomic E-state index is 0.141. The highest BCUT2D eigenvalue weighted by Crippen LogP contribution is 2.15. The van der Waals surface area contributed by atoms with Crippen molar-refractivity contribution in [3.63, 3.8) is 0 Å². The first-order valence-corrected chi connectivity index (χ1v) is 6.93. The fraction of sp³-hybridized carbons (Fsp3) is 0.692. The minimum Gasteiger partial charge on any atom is -0.349 e. The molecular weight excluding hydrogens is 242 g/mol. The van der Waals surface area contributed by atoms with Crippen LogP contribution in [0, 0.1) is 0 Å². The molecule has 1 aliphatic heterocycles. The maximum atomic E-state index is 12.2. The highest BCUT2D eigenvalue weighted by molar-refractivity contribution is 5.94. The Kier molecular flexibility index (Phi) is 4.21. The van der Waals surface area contributed by atoms with Crippen molar-refractivity contribution < 1.29 is 4.79 Å². The van der Waals surface area contributed by atoms with E-state index in [1.54, 1.807) is 0 Å². The maximum absolute atomic E-state index is 12.2.